The molecule has 0 bridgehead atoms. The molecule has 172 valence electrons. The maximum absolute atomic E-state index is 12.6. The van der Waals surface area contributed by atoms with Gasteiger partial charge in [-0.3, -0.25) is 14.4 Å². The summed E-state index contributed by atoms with van der Waals surface area (Å²) >= 11 is 1.47. The summed E-state index contributed by atoms with van der Waals surface area (Å²) in [5.74, 6) is -2.59. The van der Waals surface area contributed by atoms with E-state index >= 15 is 0 Å². The van der Waals surface area contributed by atoms with E-state index in [2.05, 4.69) is 16.0 Å². The van der Waals surface area contributed by atoms with Crippen LogP contribution in [0.2, 0.25) is 0 Å². The number of aliphatic hydroxyl groups excluding tert-OH is 1. The first-order valence-corrected chi connectivity index (χ1v) is 11.1. The number of thioether (sulfide) groups is 1. The van der Waals surface area contributed by atoms with Gasteiger partial charge < -0.3 is 31.9 Å². The first-order chi connectivity index (χ1) is 14.7. The number of hydrogen-bond acceptors (Lipinski definition) is 7. The molecule has 0 heterocycles. The first-order valence-electron chi connectivity index (χ1n) is 9.72. The van der Waals surface area contributed by atoms with Crippen LogP contribution in [-0.2, 0) is 25.6 Å². The molecule has 1 aromatic rings. The lowest BCUT2D eigenvalue weighted by Gasteiger charge is -2.23. The van der Waals surface area contributed by atoms with Gasteiger partial charge in [0.2, 0.25) is 17.7 Å². The van der Waals surface area contributed by atoms with Crippen LogP contribution in [0, 0.1) is 0 Å². The van der Waals surface area contributed by atoms with Crippen molar-refractivity contribution in [3.8, 4) is 0 Å². The van der Waals surface area contributed by atoms with Gasteiger partial charge >= 0.3 is 5.97 Å². The molecule has 11 heteroatoms. The third kappa shape index (κ3) is 9.37. The van der Waals surface area contributed by atoms with Gasteiger partial charge in [0.1, 0.15) is 24.2 Å². The minimum absolute atomic E-state index is 0.0913. The van der Waals surface area contributed by atoms with Gasteiger partial charge in [-0.15, -0.1) is 0 Å². The SMILES string of the molecule is CSCCC(NC(=O)C(N)CO)C(=O)NC(C)C(=O)NC(Cc1ccccc1)C(=O)O. The van der Waals surface area contributed by atoms with Crippen LogP contribution in [0.15, 0.2) is 30.3 Å². The smallest absolute Gasteiger partial charge is 0.326 e. The van der Waals surface area contributed by atoms with E-state index in [1.165, 1.54) is 18.7 Å². The molecule has 10 nitrogen and oxygen atoms in total. The van der Waals surface area contributed by atoms with Gasteiger partial charge in [0.15, 0.2) is 0 Å². The van der Waals surface area contributed by atoms with Crippen LogP contribution in [0.3, 0.4) is 0 Å². The Morgan fingerprint density at radius 1 is 1.00 bits per heavy atom. The number of benzene rings is 1. The number of nitrogens with one attached hydrogen (secondary N) is 3. The van der Waals surface area contributed by atoms with Gasteiger partial charge in [-0.05, 0) is 30.9 Å². The van der Waals surface area contributed by atoms with Crippen molar-refractivity contribution in [2.75, 3.05) is 18.6 Å². The van der Waals surface area contributed by atoms with Gasteiger partial charge in [0, 0.05) is 6.42 Å². The number of amides is 3. The Balaban J connectivity index is 2.74. The lowest BCUT2D eigenvalue weighted by Crippen LogP contribution is -2.57. The Kier molecular flexibility index (Phi) is 11.6. The summed E-state index contributed by atoms with van der Waals surface area (Å²) in [6.45, 7) is 0.848. The number of nitrogens with two attached hydrogens (primary N) is 1. The summed E-state index contributed by atoms with van der Waals surface area (Å²) in [5.41, 5.74) is 6.21. The highest BCUT2D eigenvalue weighted by molar-refractivity contribution is 7.98. The van der Waals surface area contributed by atoms with E-state index in [0.29, 0.717) is 5.75 Å². The average molecular weight is 455 g/mol. The number of rotatable bonds is 13. The molecule has 1 aromatic carbocycles. The molecule has 4 unspecified atom stereocenters. The lowest BCUT2D eigenvalue weighted by atomic mass is 10.1. The highest BCUT2D eigenvalue weighted by Crippen LogP contribution is 2.05. The first kappa shape index (κ1) is 26.4. The third-order valence-corrected chi connectivity index (χ3v) is 5.07. The predicted octanol–water partition coefficient (Wildman–Crippen LogP) is -1.14. The van der Waals surface area contributed by atoms with Crippen LogP contribution in [0.4, 0.5) is 0 Å². The van der Waals surface area contributed by atoms with Crippen molar-refractivity contribution in [1.29, 1.82) is 0 Å². The third-order valence-electron chi connectivity index (χ3n) is 4.43. The number of carboxylic acids is 1. The zero-order valence-corrected chi connectivity index (χ0v) is 18.4. The Morgan fingerprint density at radius 3 is 2.16 bits per heavy atom. The molecule has 4 atom stereocenters. The number of carbonyl (C=O) groups excluding carboxylic acids is 3. The Hall–Kier alpha value is -2.63. The topological polar surface area (TPSA) is 171 Å². The van der Waals surface area contributed by atoms with Crippen molar-refractivity contribution in [2.45, 2.75) is 43.9 Å². The van der Waals surface area contributed by atoms with E-state index in [9.17, 15) is 24.3 Å². The van der Waals surface area contributed by atoms with E-state index in [-0.39, 0.29) is 12.8 Å². The van der Waals surface area contributed by atoms with Crippen molar-refractivity contribution in [3.05, 3.63) is 35.9 Å². The van der Waals surface area contributed by atoms with E-state index in [4.69, 9.17) is 10.8 Å². The van der Waals surface area contributed by atoms with Crippen molar-refractivity contribution < 1.29 is 29.4 Å². The Morgan fingerprint density at radius 2 is 1.61 bits per heavy atom. The molecular weight excluding hydrogens is 424 g/mol. The largest absolute Gasteiger partial charge is 0.480 e. The van der Waals surface area contributed by atoms with Crippen LogP contribution < -0.4 is 21.7 Å². The maximum Gasteiger partial charge on any atom is 0.326 e. The maximum atomic E-state index is 12.6. The average Bonchev–Trinajstić information content (AvgIpc) is 2.75. The molecule has 3 amide bonds. The summed E-state index contributed by atoms with van der Waals surface area (Å²) in [7, 11) is 0. The lowest BCUT2D eigenvalue weighted by molar-refractivity contribution is -0.142. The minimum Gasteiger partial charge on any atom is -0.480 e. The fourth-order valence-electron chi connectivity index (χ4n) is 2.59. The molecule has 31 heavy (non-hydrogen) atoms. The van der Waals surface area contributed by atoms with E-state index in [0.717, 1.165) is 5.56 Å². The van der Waals surface area contributed by atoms with Crippen LogP contribution in [0.25, 0.3) is 0 Å². The highest BCUT2D eigenvalue weighted by atomic mass is 32.2. The Labute approximate surface area is 185 Å². The van der Waals surface area contributed by atoms with Gasteiger partial charge in [-0.25, -0.2) is 4.79 Å². The molecule has 0 aliphatic rings. The zero-order chi connectivity index (χ0) is 23.4. The molecule has 0 saturated carbocycles. The number of aliphatic carboxylic acids is 1. The van der Waals surface area contributed by atoms with Crippen molar-refractivity contribution in [3.63, 3.8) is 0 Å². The van der Waals surface area contributed by atoms with Crippen LogP contribution in [-0.4, -0.2) is 76.7 Å². The molecule has 7 N–H and O–H groups in total. The number of carbonyl (C=O) groups is 4. The minimum atomic E-state index is -1.20. The molecule has 0 radical (unpaired) electrons. The van der Waals surface area contributed by atoms with Gasteiger partial charge in [0.25, 0.3) is 0 Å². The Bertz CT molecular complexity index is 748. The summed E-state index contributed by atoms with van der Waals surface area (Å²) in [4.78, 5) is 48.5. The van der Waals surface area contributed by atoms with E-state index in [1.54, 1.807) is 30.3 Å². The van der Waals surface area contributed by atoms with Gasteiger partial charge in [0.05, 0.1) is 6.61 Å². The summed E-state index contributed by atoms with van der Waals surface area (Å²) in [5, 5.41) is 25.8. The second kappa shape index (κ2) is 13.6. The normalized spacial score (nSPS) is 14.6. The van der Waals surface area contributed by atoms with Crippen molar-refractivity contribution >= 4 is 35.5 Å². The molecule has 0 spiro atoms. The molecule has 0 saturated heterocycles. The predicted molar refractivity (Wildman–Crippen MR) is 117 cm³/mol. The van der Waals surface area contributed by atoms with E-state index in [1.807, 2.05) is 6.26 Å². The van der Waals surface area contributed by atoms with Crippen molar-refractivity contribution in [2.24, 2.45) is 5.73 Å². The number of carboxylic acid groups (broad SMARTS) is 1. The molecular formula is C20H30N4O6S. The second-order valence-corrected chi connectivity index (χ2v) is 7.94. The van der Waals surface area contributed by atoms with Crippen molar-refractivity contribution in [1.82, 2.24) is 16.0 Å². The molecule has 0 fully saturated rings. The standard InChI is InChI=1S/C20H30N4O6S/c1-12(17(26)24-16(20(29)30)10-13-6-4-3-5-7-13)22-19(28)15(8-9-31-2)23-18(27)14(21)11-25/h3-7,12,14-16,25H,8-11,21H2,1-2H3,(H,22,28)(H,23,27)(H,24,26)(H,29,30). The van der Waals surface area contributed by atoms with Crippen LogP contribution in [0.1, 0.15) is 18.9 Å². The molecule has 0 aromatic heterocycles. The van der Waals surface area contributed by atoms with E-state index < -0.39 is 54.5 Å². The van der Waals surface area contributed by atoms with Crippen LogP contribution in [0.5, 0.6) is 0 Å². The van der Waals surface area contributed by atoms with Gasteiger partial charge in [-0.2, -0.15) is 11.8 Å². The number of hydrogen-bond donors (Lipinski definition) is 6. The number of aliphatic hydroxyl groups is 1. The fourth-order valence-corrected chi connectivity index (χ4v) is 3.06. The summed E-state index contributed by atoms with van der Waals surface area (Å²) in [6.07, 6.45) is 2.22. The summed E-state index contributed by atoms with van der Waals surface area (Å²) in [6, 6.07) is 4.53. The highest BCUT2D eigenvalue weighted by Gasteiger charge is 2.28. The quantitative estimate of drug-likeness (QED) is 0.217. The fraction of sp³-hybridized carbons (Fsp3) is 0.500. The molecule has 0 aliphatic carbocycles. The monoisotopic (exact) mass is 454 g/mol. The molecule has 1 rings (SSSR count). The molecule has 0 aliphatic heterocycles. The summed E-state index contributed by atoms with van der Waals surface area (Å²) < 4.78 is 0. The van der Waals surface area contributed by atoms with Gasteiger partial charge in [-0.1, -0.05) is 30.3 Å². The zero-order valence-electron chi connectivity index (χ0n) is 17.5. The van der Waals surface area contributed by atoms with Crippen LogP contribution >= 0.6 is 11.8 Å². The second-order valence-electron chi connectivity index (χ2n) is 6.95.